The molecule has 1 saturated heterocycles. The molecule has 0 aliphatic carbocycles. The highest BCUT2D eigenvalue weighted by atomic mass is 16.6. The van der Waals surface area contributed by atoms with E-state index < -0.39 is 5.72 Å². The van der Waals surface area contributed by atoms with Crippen molar-refractivity contribution in [3.05, 3.63) is 60.2 Å². The zero-order valence-electron chi connectivity index (χ0n) is 10.8. The van der Waals surface area contributed by atoms with E-state index in [4.69, 9.17) is 9.47 Å². The first-order valence-corrected chi connectivity index (χ1v) is 6.62. The number of benzene rings is 2. The summed E-state index contributed by atoms with van der Waals surface area (Å²) in [6.45, 7) is 0.359. The van der Waals surface area contributed by atoms with Crippen molar-refractivity contribution in [1.82, 2.24) is 0 Å². The molecule has 4 nitrogen and oxygen atoms in total. The number of carbonyl (C=O) groups excluding carboxylic acids is 1. The number of para-hydroxylation sites is 2. The van der Waals surface area contributed by atoms with Crippen molar-refractivity contribution in [2.45, 2.75) is 12.1 Å². The molecule has 2 aromatic carbocycles. The fourth-order valence-corrected chi connectivity index (χ4v) is 2.93. The second kappa shape index (κ2) is 4.00. The van der Waals surface area contributed by atoms with Crippen molar-refractivity contribution in [2.24, 2.45) is 0 Å². The minimum absolute atomic E-state index is 0.356. The summed E-state index contributed by atoms with van der Waals surface area (Å²) in [5.74, 6) is 0.718. The Balaban J connectivity index is 1.92. The number of cyclic esters (lactones) is 1. The lowest BCUT2D eigenvalue weighted by molar-refractivity contribution is 0.0161. The number of nitrogens with zero attached hydrogens (tertiary/aromatic N) is 1. The summed E-state index contributed by atoms with van der Waals surface area (Å²) in [7, 11) is 0. The lowest BCUT2D eigenvalue weighted by atomic mass is 9.97. The molecular weight excluding hydrogens is 254 g/mol. The summed E-state index contributed by atoms with van der Waals surface area (Å²) in [6.07, 6.45) is 0.252. The van der Waals surface area contributed by atoms with Crippen LogP contribution in [0.25, 0.3) is 0 Å². The van der Waals surface area contributed by atoms with E-state index >= 15 is 0 Å². The van der Waals surface area contributed by atoms with Gasteiger partial charge in [-0.2, -0.15) is 0 Å². The number of anilines is 1. The van der Waals surface area contributed by atoms with Crippen LogP contribution in [0.4, 0.5) is 10.5 Å². The highest BCUT2D eigenvalue weighted by molar-refractivity contribution is 5.93. The summed E-state index contributed by atoms with van der Waals surface area (Å²) in [4.78, 5) is 13.9. The van der Waals surface area contributed by atoms with Crippen LogP contribution in [-0.4, -0.2) is 12.7 Å². The average Bonchev–Trinajstić information content (AvgIpc) is 2.85. The molecule has 0 bridgehead atoms. The second-order valence-corrected chi connectivity index (χ2v) is 4.92. The van der Waals surface area contributed by atoms with Crippen LogP contribution in [0.1, 0.15) is 12.0 Å². The Hall–Kier alpha value is -2.49. The molecular formula is C16H13NO3. The van der Waals surface area contributed by atoms with Gasteiger partial charge in [-0.25, -0.2) is 9.69 Å². The maximum atomic E-state index is 12.2. The normalized spacial score (nSPS) is 23.6. The number of rotatable bonds is 1. The molecule has 1 amide bonds. The van der Waals surface area contributed by atoms with Gasteiger partial charge >= 0.3 is 6.09 Å². The number of fused-ring (bicyclic) bond motifs is 3. The lowest BCUT2D eigenvalue weighted by Gasteiger charge is -2.39. The monoisotopic (exact) mass is 267 g/mol. The fraction of sp³-hybridized carbons (Fsp3) is 0.188. The van der Waals surface area contributed by atoms with Crippen molar-refractivity contribution < 1.29 is 14.3 Å². The van der Waals surface area contributed by atoms with Gasteiger partial charge in [0.2, 0.25) is 5.72 Å². The lowest BCUT2D eigenvalue weighted by Crippen LogP contribution is -2.54. The highest BCUT2D eigenvalue weighted by Crippen LogP contribution is 2.50. The van der Waals surface area contributed by atoms with Crippen LogP contribution < -0.4 is 9.64 Å². The summed E-state index contributed by atoms with van der Waals surface area (Å²) in [6, 6.07) is 17.4. The molecule has 4 heteroatoms. The first kappa shape index (κ1) is 11.3. The number of ether oxygens (including phenoxy) is 2. The third-order valence-corrected chi connectivity index (χ3v) is 3.82. The molecule has 0 saturated carbocycles. The fourth-order valence-electron chi connectivity index (χ4n) is 2.93. The molecule has 0 spiro atoms. The molecule has 0 N–H and O–H groups in total. The van der Waals surface area contributed by atoms with Crippen molar-refractivity contribution in [1.29, 1.82) is 0 Å². The SMILES string of the molecule is O=C1OCCC2(c3ccccc3)Oc3ccccc3N12. The zero-order valence-corrected chi connectivity index (χ0v) is 10.8. The van der Waals surface area contributed by atoms with Crippen molar-refractivity contribution in [2.75, 3.05) is 11.5 Å². The molecule has 2 aliphatic heterocycles. The Morgan fingerprint density at radius 1 is 1.00 bits per heavy atom. The molecule has 1 atom stereocenters. The molecule has 4 rings (SSSR count). The maximum absolute atomic E-state index is 12.2. The highest BCUT2D eigenvalue weighted by Gasteiger charge is 2.53. The van der Waals surface area contributed by atoms with Gasteiger partial charge in [0.1, 0.15) is 5.75 Å². The molecule has 0 radical (unpaired) electrons. The van der Waals surface area contributed by atoms with E-state index in [0.717, 1.165) is 17.0 Å². The van der Waals surface area contributed by atoms with Crippen molar-refractivity contribution >= 4 is 11.8 Å². The molecule has 2 aliphatic rings. The smallest absolute Gasteiger partial charge is 0.417 e. The maximum Gasteiger partial charge on any atom is 0.417 e. The number of hydrogen-bond donors (Lipinski definition) is 0. The van der Waals surface area contributed by atoms with Crippen molar-refractivity contribution in [3.63, 3.8) is 0 Å². The van der Waals surface area contributed by atoms with Gasteiger partial charge in [0.25, 0.3) is 0 Å². The van der Waals surface area contributed by atoms with Crippen LogP contribution in [0.2, 0.25) is 0 Å². The van der Waals surface area contributed by atoms with Crippen molar-refractivity contribution in [3.8, 4) is 5.75 Å². The Kier molecular flexibility index (Phi) is 2.27. The van der Waals surface area contributed by atoms with Crippen LogP contribution in [0.15, 0.2) is 54.6 Å². The minimum atomic E-state index is -0.777. The van der Waals surface area contributed by atoms with E-state index in [9.17, 15) is 4.79 Å². The average molecular weight is 267 g/mol. The summed E-state index contributed by atoms with van der Waals surface area (Å²) >= 11 is 0. The molecule has 0 aromatic heterocycles. The topological polar surface area (TPSA) is 38.8 Å². The van der Waals surface area contributed by atoms with Gasteiger partial charge in [0, 0.05) is 12.0 Å². The predicted molar refractivity (Wildman–Crippen MR) is 73.6 cm³/mol. The van der Waals surface area contributed by atoms with Gasteiger partial charge in [-0.05, 0) is 12.1 Å². The van der Waals surface area contributed by atoms with Gasteiger partial charge in [0.15, 0.2) is 0 Å². The Morgan fingerprint density at radius 2 is 1.75 bits per heavy atom. The summed E-state index contributed by atoms with van der Waals surface area (Å²) in [5, 5.41) is 0. The molecule has 2 heterocycles. The minimum Gasteiger partial charge on any atom is -0.461 e. The van der Waals surface area contributed by atoms with Crippen LogP contribution in [0.3, 0.4) is 0 Å². The van der Waals surface area contributed by atoms with Gasteiger partial charge in [-0.15, -0.1) is 0 Å². The number of carbonyl (C=O) groups is 1. The molecule has 2 aromatic rings. The second-order valence-electron chi connectivity index (χ2n) is 4.92. The summed E-state index contributed by atoms with van der Waals surface area (Å²) in [5.41, 5.74) is 0.953. The Morgan fingerprint density at radius 3 is 2.60 bits per heavy atom. The largest absolute Gasteiger partial charge is 0.461 e. The summed E-state index contributed by atoms with van der Waals surface area (Å²) < 4.78 is 11.4. The van der Waals surface area contributed by atoms with Crippen LogP contribution in [-0.2, 0) is 10.5 Å². The standard InChI is InChI=1S/C16H13NO3/c18-15-17-13-8-4-5-9-14(13)20-16(17,10-11-19-15)12-6-2-1-3-7-12/h1-9H,10-11H2. The number of amides is 1. The number of hydrogen-bond acceptors (Lipinski definition) is 3. The van der Waals surface area contributed by atoms with Crippen LogP contribution in [0.5, 0.6) is 5.75 Å². The molecule has 1 fully saturated rings. The van der Waals surface area contributed by atoms with Gasteiger partial charge < -0.3 is 9.47 Å². The van der Waals surface area contributed by atoms with Crippen LogP contribution >= 0.6 is 0 Å². The first-order chi connectivity index (χ1) is 9.81. The molecule has 100 valence electrons. The third kappa shape index (κ3) is 1.39. The van der Waals surface area contributed by atoms with Crippen LogP contribution in [0, 0.1) is 0 Å². The van der Waals surface area contributed by atoms with E-state index in [1.165, 1.54) is 0 Å². The van der Waals surface area contributed by atoms with Gasteiger partial charge in [-0.1, -0.05) is 42.5 Å². The van der Waals surface area contributed by atoms with Gasteiger partial charge in [-0.3, -0.25) is 0 Å². The predicted octanol–water partition coefficient (Wildman–Crippen LogP) is 3.28. The quantitative estimate of drug-likeness (QED) is 0.796. The first-order valence-electron chi connectivity index (χ1n) is 6.62. The Labute approximate surface area is 116 Å². The van der Waals surface area contributed by atoms with E-state index in [1.807, 2.05) is 54.6 Å². The van der Waals surface area contributed by atoms with E-state index in [0.29, 0.717) is 13.0 Å². The van der Waals surface area contributed by atoms with E-state index in [2.05, 4.69) is 0 Å². The van der Waals surface area contributed by atoms with E-state index in [-0.39, 0.29) is 6.09 Å². The molecule has 20 heavy (non-hydrogen) atoms. The van der Waals surface area contributed by atoms with Gasteiger partial charge in [0.05, 0.1) is 12.3 Å². The van der Waals surface area contributed by atoms with E-state index in [1.54, 1.807) is 4.90 Å². The third-order valence-electron chi connectivity index (χ3n) is 3.82. The Bertz CT molecular complexity index is 670. The molecule has 1 unspecified atom stereocenters. The zero-order chi connectivity index (χ0) is 13.6.